The van der Waals surface area contributed by atoms with Crippen molar-refractivity contribution in [2.45, 2.75) is 24.9 Å². The molecule has 0 bridgehead atoms. The van der Waals surface area contributed by atoms with Gasteiger partial charge in [0, 0.05) is 12.1 Å². The summed E-state index contributed by atoms with van der Waals surface area (Å²) in [5.41, 5.74) is 1.12. The number of benzene rings is 1. The van der Waals surface area contributed by atoms with Crippen LogP contribution in [0.15, 0.2) is 24.3 Å². The molecule has 1 aliphatic carbocycles. The highest BCUT2D eigenvalue weighted by Gasteiger charge is 2.41. The lowest BCUT2D eigenvalue weighted by atomic mass is 10.1. The predicted octanol–water partition coefficient (Wildman–Crippen LogP) is 0.999. The molecule has 1 fully saturated rings. The fourth-order valence-corrected chi connectivity index (χ4v) is 1.65. The van der Waals surface area contributed by atoms with E-state index in [0.717, 1.165) is 18.4 Å². The van der Waals surface area contributed by atoms with Gasteiger partial charge in [-0.15, -0.1) is 0 Å². The van der Waals surface area contributed by atoms with Crippen LogP contribution in [-0.4, -0.2) is 28.3 Å². The summed E-state index contributed by atoms with van der Waals surface area (Å²) in [5.74, 6) is -0.912. The van der Waals surface area contributed by atoms with Gasteiger partial charge in [-0.1, -0.05) is 12.1 Å². The summed E-state index contributed by atoms with van der Waals surface area (Å²) >= 11 is 0. The Morgan fingerprint density at radius 3 is 2.75 bits per heavy atom. The van der Waals surface area contributed by atoms with E-state index in [-0.39, 0.29) is 12.1 Å². The van der Waals surface area contributed by atoms with E-state index < -0.39 is 5.97 Å². The quantitative estimate of drug-likeness (QED) is 0.693. The Labute approximate surface area is 93.9 Å². The molecule has 3 N–H and O–H groups in total. The maximum absolute atomic E-state index is 10.8. The number of carboxylic acid groups (broad SMARTS) is 1. The monoisotopic (exact) mass is 221 g/mol. The molecular formula is C12H15NO3. The Kier molecular flexibility index (Phi) is 2.94. The molecule has 4 nitrogen and oxygen atoms in total. The first-order chi connectivity index (χ1) is 7.65. The Morgan fingerprint density at radius 1 is 1.44 bits per heavy atom. The molecular weight excluding hydrogens is 206 g/mol. The van der Waals surface area contributed by atoms with Gasteiger partial charge in [0.05, 0.1) is 12.2 Å². The average Bonchev–Trinajstić information content (AvgIpc) is 3.07. The number of aliphatic hydroxyl groups is 1. The van der Waals surface area contributed by atoms with E-state index in [9.17, 15) is 4.79 Å². The molecule has 0 atom stereocenters. The Hall–Kier alpha value is -1.39. The highest BCUT2D eigenvalue weighted by molar-refractivity contribution is 5.87. The Balaban J connectivity index is 1.99. The van der Waals surface area contributed by atoms with Crippen molar-refractivity contribution in [3.8, 4) is 0 Å². The van der Waals surface area contributed by atoms with Crippen LogP contribution in [0.2, 0.25) is 0 Å². The maximum atomic E-state index is 10.8. The van der Waals surface area contributed by atoms with Crippen LogP contribution in [0.1, 0.15) is 28.8 Å². The van der Waals surface area contributed by atoms with Gasteiger partial charge in [0.15, 0.2) is 0 Å². The van der Waals surface area contributed by atoms with Gasteiger partial charge in [-0.2, -0.15) is 0 Å². The molecule has 0 aromatic heterocycles. The lowest BCUT2D eigenvalue weighted by Crippen LogP contribution is -2.34. The third-order valence-corrected chi connectivity index (χ3v) is 3.00. The SMILES string of the molecule is O=C(O)c1cccc(CNC2(CO)CC2)c1. The molecule has 1 saturated carbocycles. The lowest BCUT2D eigenvalue weighted by molar-refractivity contribution is 0.0696. The standard InChI is InChI=1S/C12H15NO3/c14-8-12(4-5-12)13-7-9-2-1-3-10(6-9)11(15)16/h1-3,6,13-14H,4-5,7-8H2,(H,15,16). The molecule has 0 unspecified atom stereocenters. The molecule has 1 aromatic carbocycles. The van der Waals surface area contributed by atoms with E-state index in [1.807, 2.05) is 6.07 Å². The van der Waals surface area contributed by atoms with E-state index >= 15 is 0 Å². The minimum Gasteiger partial charge on any atom is -0.478 e. The van der Waals surface area contributed by atoms with Crippen molar-refractivity contribution in [1.82, 2.24) is 5.32 Å². The molecule has 0 heterocycles. The minimum absolute atomic E-state index is 0.112. The highest BCUT2D eigenvalue weighted by atomic mass is 16.4. The van der Waals surface area contributed by atoms with Crippen LogP contribution in [0.5, 0.6) is 0 Å². The van der Waals surface area contributed by atoms with Crippen molar-refractivity contribution >= 4 is 5.97 Å². The minimum atomic E-state index is -0.912. The normalized spacial score (nSPS) is 17.1. The van der Waals surface area contributed by atoms with Crippen LogP contribution in [0.4, 0.5) is 0 Å². The molecule has 0 aliphatic heterocycles. The zero-order chi connectivity index (χ0) is 11.6. The van der Waals surface area contributed by atoms with Crippen LogP contribution in [0.3, 0.4) is 0 Å². The van der Waals surface area contributed by atoms with Gasteiger partial charge >= 0.3 is 5.97 Å². The molecule has 0 spiro atoms. The van der Waals surface area contributed by atoms with Crippen LogP contribution in [-0.2, 0) is 6.54 Å². The summed E-state index contributed by atoms with van der Waals surface area (Å²) < 4.78 is 0. The predicted molar refractivity (Wildman–Crippen MR) is 59.3 cm³/mol. The number of hydrogen-bond donors (Lipinski definition) is 3. The molecule has 1 aliphatic rings. The van der Waals surface area contributed by atoms with Gasteiger partial charge in [-0.25, -0.2) is 4.79 Å². The van der Waals surface area contributed by atoms with E-state index in [0.29, 0.717) is 12.1 Å². The van der Waals surface area contributed by atoms with Gasteiger partial charge in [0.25, 0.3) is 0 Å². The largest absolute Gasteiger partial charge is 0.478 e. The molecule has 0 radical (unpaired) electrons. The van der Waals surface area contributed by atoms with Gasteiger partial charge in [-0.3, -0.25) is 0 Å². The number of carbonyl (C=O) groups is 1. The molecule has 86 valence electrons. The van der Waals surface area contributed by atoms with Crippen LogP contribution < -0.4 is 5.32 Å². The third-order valence-electron chi connectivity index (χ3n) is 3.00. The number of nitrogens with one attached hydrogen (secondary N) is 1. The fourth-order valence-electron chi connectivity index (χ4n) is 1.65. The zero-order valence-electron chi connectivity index (χ0n) is 8.94. The summed E-state index contributed by atoms with van der Waals surface area (Å²) in [5, 5.41) is 21.2. The second-order valence-corrected chi connectivity index (χ2v) is 4.30. The number of aromatic carboxylic acids is 1. The second kappa shape index (κ2) is 4.23. The second-order valence-electron chi connectivity index (χ2n) is 4.30. The molecule has 16 heavy (non-hydrogen) atoms. The van der Waals surface area contributed by atoms with E-state index in [1.54, 1.807) is 18.2 Å². The maximum Gasteiger partial charge on any atom is 0.335 e. The molecule has 2 rings (SSSR count). The first kappa shape index (κ1) is 11.1. The topological polar surface area (TPSA) is 69.6 Å². The lowest BCUT2D eigenvalue weighted by Gasteiger charge is -2.14. The summed E-state index contributed by atoms with van der Waals surface area (Å²) in [4.78, 5) is 10.8. The molecule has 0 saturated heterocycles. The molecule has 1 aromatic rings. The van der Waals surface area contributed by atoms with Crippen molar-refractivity contribution in [3.05, 3.63) is 35.4 Å². The van der Waals surface area contributed by atoms with Crippen molar-refractivity contribution < 1.29 is 15.0 Å². The van der Waals surface area contributed by atoms with E-state index in [4.69, 9.17) is 10.2 Å². The smallest absolute Gasteiger partial charge is 0.335 e. The zero-order valence-corrected chi connectivity index (χ0v) is 8.94. The summed E-state index contributed by atoms with van der Waals surface area (Å²) in [6.45, 7) is 0.743. The van der Waals surface area contributed by atoms with Gasteiger partial charge in [0.1, 0.15) is 0 Å². The summed E-state index contributed by atoms with van der Waals surface area (Å²) in [7, 11) is 0. The van der Waals surface area contributed by atoms with Crippen LogP contribution in [0.25, 0.3) is 0 Å². The van der Waals surface area contributed by atoms with Gasteiger partial charge < -0.3 is 15.5 Å². The number of carboxylic acids is 1. The molecule has 0 amide bonds. The highest BCUT2D eigenvalue weighted by Crippen LogP contribution is 2.34. The first-order valence-corrected chi connectivity index (χ1v) is 5.33. The van der Waals surface area contributed by atoms with E-state index in [1.165, 1.54) is 0 Å². The third kappa shape index (κ3) is 2.40. The van der Waals surface area contributed by atoms with E-state index in [2.05, 4.69) is 5.32 Å². The number of rotatable bonds is 5. The fraction of sp³-hybridized carbons (Fsp3) is 0.417. The Bertz CT molecular complexity index is 399. The van der Waals surface area contributed by atoms with Crippen LogP contribution >= 0.6 is 0 Å². The summed E-state index contributed by atoms with van der Waals surface area (Å²) in [6, 6.07) is 6.85. The average molecular weight is 221 g/mol. The van der Waals surface area contributed by atoms with Crippen molar-refractivity contribution in [3.63, 3.8) is 0 Å². The molecule has 4 heteroatoms. The van der Waals surface area contributed by atoms with Gasteiger partial charge in [-0.05, 0) is 30.5 Å². The number of aliphatic hydroxyl groups excluding tert-OH is 1. The van der Waals surface area contributed by atoms with Crippen molar-refractivity contribution in [2.75, 3.05) is 6.61 Å². The number of hydrogen-bond acceptors (Lipinski definition) is 3. The van der Waals surface area contributed by atoms with Gasteiger partial charge in [0.2, 0.25) is 0 Å². The van der Waals surface area contributed by atoms with Crippen molar-refractivity contribution in [2.24, 2.45) is 0 Å². The first-order valence-electron chi connectivity index (χ1n) is 5.33. The Morgan fingerprint density at radius 2 is 2.19 bits per heavy atom. The summed E-state index contributed by atoms with van der Waals surface area (Å²) in [6.07, 6.45) is 1.98. The van der Waals surface area contributed by atoms with Crippen LogP contribution in [0, 0.1) is 0 Å². The van der Waals surface area contributed by atoms with Crippen molar-refractivity contribution in [1.29, 1.82) is 0 Å².